The third-order valence-electron chi connectivity index (χ3n) is 11.8. The van der Waals surface area contributed by atoms with Crippen molar-refractivity contribution in [1.82, 2.24) is 0 Å². The van der Waals surface area contributed by atoms with Gasteiger partial charge in [0.2, 0.25) is 0 Å². The molecular formula is C51H65F2NO7. The molecule has 10 heteroatoms. The number of benzene rings is 4. The molecule has 2 fully saturated rings. The van der Waals surface area contributed by atoms with Crippen LogP contribution in [0.3, 0.4) is 0 Å². The van der Waals surface area contributed by atoms with Gasteiger partial charge in [-0.25, -0.2) is 8.78 Å². The maximum atomic E-state index is 14.9. The Labute approximate surface area is 361 Å². The van der Waals surface area contributed by atoms with Gasteiger partial charge < -0.3 is 25.1 Å². The first kappa shape index (κ1) is 48.6. The molecule has 61 heavy (non-hydrogen) atoms. The number of ether oxygens (including phenoxy) is 3. The van der Waals surface area contributed by atoms with Crippen LogP contribution < -0.4 is 15.2 Å². The molecule has 8 nitrogen and oxygen atoms in total. The van der Waals surface area contributed by atoms with E-state index in [-0.39, 0.29) is 42.5 Å². The number of carbonyl (C=O) groups excluding carboxylic acids is 2. The van der Waals surface area contributed by atoms with Crippen LogP contribution in [-0.2, 0) is 20.7 Å². The monoisotopic (exact) mass is 841 g/mol. The largest absolute Gasteiger partial charge is 0.490 e. The smallest absolute Gasteiger partial charge is 0.319 e. The second kappa shape index (κ2) is 25.0. The second-order valence-corrected chi connectivity index (χ2v) is 16.7. The number of esters is 1. The lowest BCUT2D eigenvalue weighted by atomic mass is 9.80. The van der Waals surface area contributed by atoms with Crippen molar-refractivity contribution in [1.29, 1.82) is 0 Å². The standard InChI is InChI=1S/C25H31FO3.C22H25FO2.C4H9NO2/c1-17(2)18-9-13-21(14-10-18)29-22-15-11-19(12-16-22)23-7-3-5-20(25(23)26)6-4-8-24(27)28;1-15(2)16-6-10-19(11-7-16)25-20-12-8-17(9-13-20)21-5-3-4-18(14-24)22(21)23;1-2-7-4(6)3-5/h3,5,7,11-12,15-18,21H,4,6,8-10,13-14H2,1-2H3,(H,27,28);3-5,8-9,12-16,19H,6-7,10-11H2,1-2H3;2-3,5H2,1H3. The van der Waals surface area contributed by atoms with Crippen LogP contribution in [-0.4, -0.2) is 48.7 Å². The molecule has 4 aromatic carbocycles. The van der Waals surface area contributed by atoms with Crippen LogP contribution in [0.5, 0.6) is 11.5 Å². The number of carbonyl (C=O) groups is 3. The lowest BCUT2D eigenvalue weighted by Crippen LogP contribution is -2.26. The van der Waals surface area contributed by atoms with Gasteiger partial charge in [-0.15, -0.1) is 0 Å². The topological polar surface area (TPSA) is 125 Å². The Balaban J connectivity index is 0.000000234. The van der Waals surface area contributed by atoms with Gasteiger partial charge in [0.15, 0.2) is 6.29 Å². The minimum Gasteiger partial charge on any atom is -0.490 e. The summed E-state index contributed by atoms with van der Waals surface area (Å²) in [6.07, 6.45) is 11.3. The van der Waals surface area contributed by atoms with E-state index < -0.39 is 11.8 Å². The number of carboxylic acids is 1. The lowest BCUT2D eigenvalue weighted by Gasteiger charge is -2.31. The van der Waals surface area contributed by atoms with Crippen LogP contribution in [0, 0.1) is 35.3 Å². The Kier molecular flexibility index (Phi) is 19.9. The van der Waals surface area contributed by atoms with Crippen molar-refractivity contribution in [3.05, 3.63) is 108 Å². The van der Waals surface area contributed by atoms with E-state index in [9.17, 15) is 23.2 Å². The number of aliphatic carboxylic acids is 1. The van der Waals surface area contributed by atoms with Crippen LogP contribution in [0.4, 0.5) is 8.78 Å². The SMILES string of the molecule is CC(C)C1CCC(Oc2ccc(-c3cccc(C=O)c3F)cc2)CC1.CC(C)C1CCC(Oc2ccc(-c3cccc(CCCC(=O)O)c3F)cc2)CC1.CCOC(=O)CN. The van der Waals surface area contributed by atoms with E-state index in [4.69, 9.17) is 20.3 Å². The first-order valence-electron chi connectivity index (χ1n) is 22.0. The number of carboxylic acid groups (broad SMARTS) is 1. The summed E-state index contributed by atoms with van der Waals surface area (Å²) in [5, 5.41) is 8.77. The van der Waals surface area contributed by atoms with Crippen molar-refractivity contribution < 1.29 is 42.5 Å². The van der Waals surface area contributed by atoms with Crippen LogP contribution >= 0.6 is 0 Å². The number of hydrogen-bond donors (Lipinski definition) is 2. The summed E-state index contributed by atoms with van der Waals surface area (Å²) in [5.41, 5.74) is 8.06. The van der Waals surface area contributed by atoms with Crippen molar-refractivity contribution in [3.63, 3.8) is 0 Å². The highest BCUT2D eigenvalue weighted by Gasteiger charge is 2.25. The van der Waals surface area contributed by atoms with Gasteiger partial charge in [-0.2, -0.15) is 0 Å². The number of hydrogen-bond acceptors (Lipinski definition) is 7. The zero-order chi connectivity index (χ0) is 44.3. The number of halogens is 2. The summed E-state index contributed by atoms with van der Waals surface area (Å²) in [5.74, 6) is 2.83. The van der Waals surface area contributed by atoms with Crippen molar-refractivity contribution in [2.24, 2.45) is 29.4 Å². The molecule has 0 radical (unpaired) electrons. The quantitative estimate of drug-likeness (QED) is 0.0895. The van der Waals surface area contributed by atoms with E-state index in [0.717, 1.165) is 72.0 Å². The van der Waals surface area contributed by atoms with E-state index in [1.165, 1.54) is 31.7 Å². The van der Waals surface area contributed by atoms with Gasteiger partial charge in [-0.05, 0) is 142 Å². The second-order valence-electron chi connectivity index (χ2n) is 16.7. The Morgan fingerprint density at radius 1 is 0.705 bits per heavy atom. The molecule has 2 aliphatic rings. The maximum Gasteiger partial charge on any atom is 0.319 e. The maximum absolute atomic E-state index is 14.9. The molecule has 0 saturated heterocycles. The molecule has 2 aliphatic carbocycles. The summed E-state index contributed by atoms with van der Waals surface area (Å²) in [6, 6.07) is 25.3. The number of aldehydes is 1. The highest BCUT2D eigenvalue weighted by Crippen LogP contribution is 2.35. The molecule has 3 N–H and O–H groups in total. The molecule has 0 spiro atoms. The Bertz CT molecular complexity index is 1950. The highest BCUT2D eigenvalue weighted by molar-refractivity contribution is 5.79. The van der Waals surface area contributed by atoms with E-state index >= 15 is 0 Å². The zero-order valence-electron chi connectivity index (χ0n) is 36.5. The van der Waals surface area contributed by atoms with E-state index in [1.54, 1.807) is 31.2 Å². The van der Waals surface area contributed by atoms with Crippen LogP contribution in [0.1, 0.15) is 115 Å². The average molecular weight is 842 g/mol. The Morgan fingerprint density at radius 2 is 1.16 bits per heavy atom. The van der Waals surface area contributed by atoms with Crippen LogP contribution in [0.15, 0.2) is 84.9 Å². The van der Waals surface area contributed by atoms with Crippen molar-refractivity contribution >= 4 is 18.2 Å². The summed E-state index contributed by atoms with van der Waals surface area (Å²) in [7, 11) is 0. The minimum absolute atomic E-state index is 0.0200. The molecule has 0 aromatic heterocycles. The fraction of sp³-hybridized carbons (Fsp3) is 0.471. The number of aryl methyl sites for hydroxylation is 1. The normalized spacial score (nSPS) is 18.5. The van der Waals surface area contributed by atoms with Crippen molar-refractivity contribution in [2.45, 2.75) is 117 Å². The predicted octanol–water partition coefficient (Wildman–Crippen LogP) is 11.9. The third-order valence-corrected chi connectivity index (χ3v) is 11.8. The fourth-order valence-corrected chi connectivity index (χ4v) is 8.07. The summed E-state index contributed by atoms with van der Waals surface area (Å²) >= 11 is 0. The molecule has 2 saturated carbocycles. The first-order valence-corrected chi connectivity index (χ1v) is 22.0. The molecule has 0 aliphatic heterocycles. The minimum atomic E-state index is -0.852. The molecule has 6 rings (SSSR count). The first-order chi connectivity index (χ1) is 29.3. The molecule has 0 bridgehead atoms. The summed E-state index contributed by atoms with van der Waals surface area (Å²) in [4.78, 5) is 31.6. The van der Waals surface area contributed by atoms with Gasteiger partial charge in [0.25, 0.3) is 0 Å². The summed E-state index contributed by atoms with van der Waals surface area (Å²) in [6.45, 7) is 11.3. The van der Waals surface area contributed by atoms with Crippen molar-refractivity contribution in [2.75, 3.05) is 13.2 Å². The highest BCUT2D eigenvalue weighted by atomic mass is 19.1. The van der Waals surface area contributed by atoms with E-state index in [2.05, 4.69) is 32.4 Å². The van der Waals surface area contributed by atoms with E-state index in [0.29, 0.717) is 42.4 Å². The molecule has 4 aromatic rings. The van der Waals surface area contributed by atoms with Crippen LogP contribution in [0.25, 0.3) is 22.3 Å². The van der Waals surface area contributed by atoms with Gasteiger partial charge in [0, 0.05) is 17.5 Å². The molecular weight excluding hydrogens is 777 g/mol. The number of nitrogens with two attached hydrogens (primary N) is 1. The van der Waals surface area contributed by atoms with Crippen LogP contribution in [0.2, 0.25) is 0 Å². The summed E-state index contributed by atoms with van der Waals surface area (Å²) < 4.78 is 45.8. The molecule has 0 amide bonds. The third kappa shape index (κ3) is 15.4. The number of rotatable bonds is 15. The van der Waals surface area contributed by atoms with Crippen molar-refractivity contribution in [3.8, 4) is 33.8 Å². The molecule has 0 atom stereocenters. The van der Waals surface area contributed by atoms with Gasteiger partial charge >= 0.3 is 11.9 Å². The molecule has 0 heterocycles. The lowest BCUT2D eigenvalue weighted by molar-refractivity contribution is -0.141. The predicted molar refractivity (Wildman–Crippen MR) is 238 cm³/mol. The van der Waals surface area contributed by atoms with E-state index in [1.807, 2.05) is 54.6 Å². The zero-order valence-corrected chi connectivity index (χ0v) is 36.5. The fourth-order valence-electron chi connectivity index (χ4n) is 8.07. The van der Waals surface area contributed by atoms with Gasteiger partial charge in [0.05, 0.1) is 30.9 Å². The average Bonchev–Trinajstić information content (AvgIpc) is 3.26. The Hall–Kier alpha value is -5.09. The molecule has 330 valence electrons. The van der Waals surface area contributed by atoms with Gasteiger partial charge in [0.1, 0.15) is 23.1 Å². The Morgan fingerprint density at radius 3 is 1.56 bits per heavy atom. The van der Waals surface area contributed by atoms with Gasteiger partial charge in [-0.3, -0.25) is 14.4 Å². The molecule has 0 unspecified atom stereocenters. The van der Waals surface area contributed by atoms with Gasteiger partial charge in [-0.1, -0.05) is 82.3 Å².